The van der Waals surface area contributed by atoms with Crippen molar-refractivity contribution in [2.45, 2.75) is 70.6 Å². The number of nitrogens with zero attached hydrogens (tertiary/aromatic N) is 3. The van der Waals surface area contributed by atoms with Crippen molar-refractivity contribution in [2.24, 2.45) is 5.92 Å². The molecule has 3 aromatic carbocycles. The lowest BCUT2D eigenvalue weighted by Crippen LogP contribution is -2.43. The smallest absolute Gasteiger partial charge is 0.317 e. The van der Waals surface area contributed by atoms with Crippen LogP contribution >= 0.6 is 11.6 Å². The minimum absolute atomic E-state index is 0.0179. The van der Waals surface area contributed by atoms with Crippen LogP contribution in [0.1, 0.15) is 68.7 Å². The first-order valence-corrected chi connectivity index (χ1v) is 16.7. The average molecular weight is 647 g/mol. The predicted molar refractivity (Wildman–Crippen MR) is 186 cm³/mol. The van der Waals surface area contributed by atoms with Crippen molar-refractivity contribution in [3.8, 4) is 11.5 Å². The van der Waals surface area contributed by atoms with Gasteiger partial charge in [-0.1, -0.05) is 30.7 Å². The zero-order valence-electron chi connectivity index (χ0n) is 27.9. The lowest BCUT2D eigenvalue weighted by Gasteiger charge is -2.38. The summed E-state index contributed by atoms with van der Waals surface area (Å²) in [4.78, 5) is 31.8. The summed E-state index contributed by atoms with van der Waals surface area (Å²) in [5.41, 5.74) is 4.86. The van der Waals surface area contributed by atoms with Gasteiger partial charge in [0.05, 0.1) is 25.7 Å². The SMILES string of the molecule is CCC(C)Oc1cc2c(cc1OC)CC(=O)N(c1ccc(N(C)CC3CCC(NC(=O)N(C)C)CC3)cc1)C2c1ccc(Cl)cc1. The Labute approximate surface area is 278 Å². The molecule has 2 aliphatic rings. The molecule has 0 radical (unpaired) electrons. The summed E-state index contributed by atoms with van der Waals surface area (Å²) in [5, 5.41) is 3.78. The molecule has 8 nitrogen and oxygen atoms in total. The number of amides is 3. The number of fused-ring (bicyclic) bond motifs is 1. The minimum atomic E-state index is -0.356. The van der Waals surface area contributed by atoms with Crippen LogP contribution in [0, 0.1) is 5.92 Å². The number of hydrogen-bond donors (Lipinski definition) is 1. The lowest BCUT2D eigenvalue weighted by molar-refractivity contribution is -0.118. The molecule has 1 aliphatic carbocycles. The van der Waals surface area contributed by atoms with Crippen LogP contribution in [0.3, 0.4) is 0 Å². The number of benzene rings is 3. The van der Waals surface area contributed by atoms with Gasteiger partial charge in [0.1, 0.15) is 0 Å². The van der Waals surface area contributed by atoms with Crippen molar-refractivity contribution in [1.29, 1.82) is 0 Å². The quantitative estimate of drug-likeness (QED) is 0.247. The van der Waals surface area contributed by atoms with Gasteiger partial charge < -0.3 is 29.5 Å². The fourth-order valence-corrected chi connectivity index (χ4v) is 6.65. The van der Waals surface area contributed by atoms with Crippen LogP contribution < -0.4 is 24.6 Å². The highest BCUT2D eigenvalue weighted by molar-refractivity contribution is 6.30. The molecule has 0 bridgehead atoms. The maximum Gasteiger partial charge on any atom is 0.317 e. The summed E-state index contributed by atoms with van der Waals surface area (Å²) in [6.07, 6.45) is 5.31. The number of halogens is 1. The number of urea groups is 1. The van der Waals surface area contributed by atoms with Crippen LogP contribution in [0.4, 0.5) is 16.2 Å². The Balaban J connectivity index is 1.38. The molecule has 2 unspecified atom stereocenters. The largest absolute Gasteiger partial charge is 0.493 e. The van der Waals surface area contributed by atoms with E-state index in [2.05, 4.69) is 36.3 Å². The van der Waals surface area contributed by atoms with Crippen LogP contribution in [0.5, 0.6) is 11.5 Å². The van der Waals surface area contributed by atoms with E-state index in [4.69, 9.17) is 21.1 Å². The second-order valence-electron chi connectivity index (χ2n) is 12.9. The highest BCUT2D eigenvalue weighted by atomic mass is 35.5. The van der Waals surface area contributed by atoms with E-state index in [0.29, 0.717) is 22.4 Å². The normalized spacial score (nSPS) is 20.0. The zero-order valence-corrected chi connectivity index (χ0v) is 28.6. The molecule has 0 aromatic heterocycles. The van der Waals surface area contributed by atoms with Gasteiger partial charge in [-0.05, 0) is 110 Å². The first kappa shape index (κ1) is 33.5. The van der Waals surface area contributed by atoms with Crippen molar-refractivity contribution < 1.29 is 19.1 Å². The van der Waals surface area contributed by atoms with Crippen LogP contribution in [-0.2, 0) is 11.2 Å². The molecule has 5 rings (SSSR count). The van der Waals surface area contributed by atoms with Crippen molar-refractivity contribution >= 4 is 34.9 Å². The summed E-state index contributed by atoms with van der Waals surface area (Å²) in [6.45, 7) is 5.07. The van der Waals surface area contributed by atoms with Crippen molar-refractivity contribution in [3.05, 3.63) is 82.4 Å². The van der Waals surface area contributed by atoms with Crippen molar-refractivity contribution in [1.82, 2.24) is 10.2 Å². The highest BCUT2D eigenvalue weighted by Crippen LogP contribution is 2.44. The van der Waals surface area contributed by atoms with Gasteiger partial charge in [-0.15, -0.1) is 0 Å². The molecule has 3 aromatic rings. The Kier molecular flexibility index (Phi) is 10.7. The second kappa shape index (κ2) is 14.7. The Hall–Kier alpha value is -3.91. The zero-order chi connectivity index (χ0) is 33.0. The lowest BCUT2D eigenvalue weighted by atomic mass is 9.85. The Bertz CT molecular complexity index is 1500. The molecule has 9 heteroatoms. The Morgan fingerprint density at radius 3 is 2.28 bits per heavy atom. The maximum absolute atomic E-state index is 13.9. The molecule has 0 saturated heterocycles. The van der Waals surface area contributed by atoms with Crippen LogP contribution in [0.25, 0.3) is 0 Å². The number of carbonyl (C=O) groups is 2. The number of rotatable bonds is 10. The number of hydrogen-bond acceptors (Lipinski definition) is 5. The molecule has 1 fully saturated rings. The Morgan fingerprint density at radius 1 is 1.00 bits per heavy atom. The fourth-order valence-electron chi connectivity index (χ4n) is 6.53. The molecule has 46 heavy (non-hydrogen) atoms. The number of methoxy groups -OCH3 is 1. The molecule has 3 amide bonds. The minimum Gasteiger partial charge on any atom is -0.493 e. The molecule has 246 valence electrons. The van der Waals surface area contributed by atoms with Gasteiger partial charge in [0.15, 0.2) is 11.5 Å². The molecule has 0 spiro atoms. The third-order valence-corrected chi connectivity index (χ3v) is 9.61. The van der Waals surface area contributed by atoms with Crippen molar-refractivity contribution in [3.63, 3.8) is 0 Å². The fraction of sp³-hybridized carbons (Fsp3) is 0.459. The summed E-state index contributed by atoms with van der Waals surface area (Å²) in [5.74, 6) is 1.89. The van der Waals surface area contributed by atoms with E-state index in [-0.39, 0.29) is 36.5 Å². The molecule has 1 aliphatic heterocycles. The van der Waals surface area contributed by atoms with Gasteiger partial charge in [0, 0.05) is 50.1 Å². The average Bonchev–Trinajstić information content (AvgIpc) is 3.05. The summed E-state index contributed by atoms with van der Waals surface area (Å²) in [6, 6.07) is 19.9. The van der Waals surface area contributed by atoms with Crippen LogP contribution in [0.2, 0.25) is 5.02 Å². The first-order chi connectivity index (χ1) is 22.1. The monoisotopic (exact) mass is 646 g/mol. The van der Waals surface area contributed by atoms with Gasteiger partial charge in [-0.2, -0.15) is 0 Å². The third kappa shape index (κ3) is 7.55. The molecular weight excluding hydrogens is 600 g/mol. The van der Waals surface area contributed by atoms with E-state index in [0.717, 1.165) is 66.7 Å². The second-order valence-corrected chi connectivity index (χ2v) is 13.3. The molecule has 1 heterocycles. The maximum atomic E-state index is 13.9. The van der Waals surface area contributed by atoms with E-state index < -0.39 is 0 Å². The number of nitrogens with one attached hydrogen (secondary N) is 1. The molecule has 1 N–H and O–H groups in total. The van der Waals surface area contributed by atoms with E-state index in [9.17, 15) is 9.59 Å². The molecule has 2 atom stereocenters. The van der Waals surface area contributed by atoms with Gasteiger partial charge in [-0.25, -0.2) is 4.79 Å². The Morgan fingerprint density at radius 2 is 1.67 bits per heavy atom. The third-order valence-electron chi connectivity index (χ3n) is 9.36. The molecular formula is C37H47ClN4O4. The van der Waals surface area contributed by atoms with Crippen LogP contribution in [-0.4, -0.2) is 63.8 Å². The summed E-state index contributed by atoms with van der Waals surface area (Å²) >= 11 is 6.29. The number of carbonyl (C=O) groups excluding carboxylic acids is 2. The van der Waals surface area contributed by atoms with E-state index in [1.807, 2.05) is 60.4 Å². The number of ether oxygens (including phenoxy) is 2. The van der Waals surface area contributed by atoms with Gasteiger partial charge in [0.2, 0.25) is 5.91 Å². The number of anilines is 2. The van der Waals surface area contributed by atoms with Gasteiger partial charge in [0.25, 0.3) is 0 Å². The topological polar surface area (TPSA) is 74.4 Å². The standard InChI is InChI=1S/C37H47ClN4O4/c1-7-24(2)46-34-22-32-27(20-33(34)45-6)21-35(43)42(36(32)26-10-12-28(38)13-11-26)31-18-16-30(17-19-31)41(5)23-25-8-14-29(15-9-25)39-37(44)40(3)4/h10-13,16-20,22,24-25,29,36H,7-9,14-15,21,23H2,1-6H3,(H,39,44). The first-order valence-electron chi connectivity index (χ1n) is 16.3. The predicted octanol–water partition coefficient (Wildman–Crippen LogP) is 7.47. The van der Waals surface area contributed by atoms with Gasteiger partial charge >= 0.3 is 6.03 Å². The van der Waals surface area contributed by atoms with Crippen LogP contribution in [0.15, 0.2) is 60.7 Å². The molecule has 1 saturated carbocycles. The summed E-state index contributed by atoms with van der Waals surface area (Å²) < 4.78 is 12.0. The highest BCUT2D eigenvalue weighted by Gasteiger charge is 2.36. The van der Waals surface area contributed by atoms with E-state index in [1.54, 1.807) is 26.1 Å². The van der Waals surface area contributed by atoms with Crippen molar-refractivity contribution in [2.75, 3.05) is 44.6 Å². The van der Waals surface area contributed by atoms with E-state index >= 15 is 0 Å². The van der Waals surface area contributed by atoms with E-state index in [1.165, 1.54) is 0 Å². The van der Waals surface area contributed by atoms with Gasteiger partial charge in [-0.3, -0.25) is 4.79 Å². The summed E-state index contributed by atoms with van der Waals surface area (Å²) in [7, 11) is 7.31.